The Morgan fingerprint density at radius 2 is 1.95 bits per heavy atom. The van der Waals surface area contributed by atoms with Gasteiger partial charge in [0.2, 0.25) is 0 Å². The summed E-state index contributed by atoms with van der Waals surface area (Å²) in [5.41, 5.74) is 0.259. The quantitative estimate of drug-likeness (QED) is 0.790. The molecule has 6 heteroatoms. The second-order valence-electron chi connectivity index (χ2n) is 5.22. The summed E-state index contributed by atoms with van der Waals surface area (Å²) in [6.45, 7) is 1.85. The Morgan fingerprint density at radius 3 is 2.50 bits per heavy atom. The number of nitrogens with zero attached hydrogens (tertiary/aromatic N) is 1. The average molecular weight is 277 g/mol. The lowest BCUT2D eigenvalue weighted by molar-refractivity contribution is -0.145. The number of rotatable bonds is 3. The fourth-order valence-corrected chi connectivity index (χ4v) is 2.47. The van der Waals surface area contributed by atoms with Crippen molar-refractivity contribution in [3.63, 3.8) is 0 Å². The molecule has 1 aromatic heterocycles. The van der Waals surface area contributed by atoms with Crippen LogP contribution in [0.4, 0.5) is 10.5 Å². The van der Waals surface area contributed by atoms with Gasteiger partial charge in [0, 0.05) is 5.69 Å². The molecular weight excluding hydrogens is 258 g/mol. The Labute approximate surface area is 117 Å². The maximum atomic E-state index is 12.0. The molecule has 0 unspecified atom stereocenters. The molecular formula is C14H19N3O3. The summed E-state index contributed by atoms with van der Waals surface area (Å²) in [4.78, 5) is 27.5. The van der Waals surface area contributed by atoms with Crippen LogP contribution in [0.1, 0.15) is 37.8 Å². The number of hydrogen-bond donors (Lipinski definition) is 3. The highest BCUT2D eigenvalue weighted by molar-refractivity contribution is 5.93. The lowest BCUT2D eigenvalue weighted by atomic mass is 9.82. The van der Waals surface area contributed by atoms with E-state index < -0.39 is 17.5 Å². The second kappa shape index (κ2) is 5.90. The van der Waals surface area contributed by atoms with Crippen LogP contribution in [0.2, 0.25) is 0 Å². The van der Waals surface area contributed by atoms with Crippen molar-refractivity contribution in [3.05, 3.63) is 24.0 Å². The van der Waals surface area contributed by atoms with E-state index in [-0.39, 0.29) is 0 Å². The molecule has 108 valence electrons. The molecule has 20 heavy (non-hydrogen) atoms. The van der Waals surface area contributed by atoms with Crippen LogP contribution in [0.5, 0.6) is 0 Å². The van der Waals surface area contributed by atoms with Crippen LogP contribution in [0.25, 0.3) is 0 Å². The Bertz CT molecular complexity index is 493. The molecule has 1 aliphatic rings. The van der Waals surface area contributed by atoms with Gasteiger partial charge in [-0.05, 0) is 31.9 Å². The largest absolute Gasteiger partial charge is 0.480 e. The van der Waals surface area contributed by atoms with Crippen LogP contribution in [0.3, 0.4) is 0 Å². The average Bonchev–Trinajstić information content (AvgIpc) is 2.42. The van der Waals surface area contributed by atoms with E-state index in [1.54, 1.807) is 18.3 Å². The maximum Gasteiger partial charge on any atom is 0.329 e. The summed E-state index contributed by atoms with van der Waals surface area (Å²) in [6, 6.07) is 3.01. The van der Waals surface area contributed by atoms with E-state index in [4.69, 9.17) is 0 Å². The number of pyridine rings is 1. The van der Waals surface area contributed by atoms with Gasteiger partial charge >= 0.3 is 12.0 Å². The minimum Gasteiger partial charge on any atom is -0.480 e. The van der Waals surface area contributed by atoms with Gasteiger partial charge in [0.1, 0.15) is 5.54 Å². The topological polar surface area (TPSA) is 91.3 Å². The molecule has 0 bridgehead atoms. The minimum absolute atomic E-state index is 0.474. The molecule has 1 heterocycles. The third kappa shape index (κ3) is 3.26. The zero-order valence-corrected chi connectivity index (χ0v) is 11.5. The van der Waals surface area contributed by atoms with E-state index in [1.165, 1.54) is 0 Å². The van der Waals surface area contributed by atoms with Crippen LogP contribution >= 0.6 is 0 Å². The van der Waals surface area contributed by atoms with Gasteiger partial charge in [0.05, 0.1) is 11.9 Å². The molecule has 0 atom stereocenters. The molecule has 1 saturated carbocycles. The van der Waals surface area contributed by atoms with Gasteiger partial charge in [-0.15, -0.1) is 0 Å². The van der Waals surface area contributed by atoms with Crippen molar-refractivity contribution in [1.82, 2.24) is 10.3 Å². The van der Waals surface area contributed by atoms with Gasteiger partial charge in [0.25, 0.3) is 0 Å². The molecule has 2 rings (SSSR count). The predicted molar refractivity (Wildman–Crippen MR) is 74.6 cm³/mol. The molecule has 3 N–H and O–H groups in total. The second-order valence-corrected chi connectivity index (χ2v) is 5.22. The number of amides is 2. The van der Waals surface area contributed by atoms with Gasteiger partial charge in [-0.2, -0.15) is 0 Å². The van der Waals surface area contributed by atoms with Crippen molar-refractivity contribution >= 4 is 17.7 Å². The van der Waals surface area contributed by atoms with Crippen molar-refractivity contribution in [1.29, 1.82) is 0 Å². The standard InChI is InChI=1S/C14H19N3O3/c1-10-5-6-11(9-15-10)16-13(20)17-14(12(18)19)7-3-2-4-8-14/h5-6,9H,2-4,7-8H2,1H3,(H,18,19)(H2,16,17,20). The van der Waals surface area contributed by atoms with Crippen LogP contribution in [-0.4, -0.2) is 27.6 Å². The molecule has 0 spiro atoms. The van der Waals surface area contributed by atoms with Crippen LogP contribution < -0.4 is 10.6 Å². The van der Waals surface area contributed by atoms with E-state index in [1.807, 2.05) is 6.92 Å². The number of hydrogen-bond acceptors (Lipinski definition) is 3. The normalized spacial score (nSPS) is 17.2. The molecule has 0 saturated heterocycles. The number of carboxylic acid groups (broad SMARTS) is 1. The number of carbonyl (C=O) groups excluding carboxylic acids is 1. The fraction of sp³-hybridized carbons (Fsp3) is 0.500. The highest BCUT2D eigenvalue weighted by Crippen LogP contribution is 2.28. The van der Waals surface area contributed by atoms with Crippen molar-refractivity contribution in [2.24, 2.45) is 0 Å². The van der Waals surface area contributed by atoms with Crippen molar-refractivity contribution in [2.75, 3.05) is 5.32 Å². The minimum atomic E-state index is -1.14. The number of aliphatic carboxylic acids is 1. The Kier molecular flexibility index (Phi) is 4.22. The lowest BCUT2D eigenvalue weighted by Crippen LogP contribution is -2.56. The summed E-state index contributed by atoms with van der Waals surface area (Å²) in [7, 11) is 0. The van der Waals surface area contributed by atoms with Crippen molar-refractivity contribution < 1.29 is 14.7 Å². The summed E-state index contributed by atoms with van der Waals surface area (Å²) >= 11 is 0. The number of aromatic nitrogens is 1. The van der Waals surface area contributed by atoms with Crippen LogP contribution in [-0.2, 0) is 4.79 Å². The first-order valence-corrected chi connectivity index (χ1v) is 6.77. The highest BCUT2D eigenvalue weighted by atomic mass is 16.4. The molecule has 0 aromatic carbocycles. The number of carbonyl (C=O) groups is 2. The fourth-order valence-electron chi connectivity index (χ4n) is 2.47. The molecule has 1 fully saturated rings. The third-order valence-corrected chi connectivity index (χ3v) is 3.64. The number of nitrogens with one attached hydrogen (secondary N) is 2. The lowest BCUT2D eigenvalue weighted by Gasteiger charge is -2.33. The van der Waals surface area contributed by atoms with Gasteiger partial charge in [0.15, 0.2) is 0 Å². The van der Waals surface area contributed by atoms with Gasteiger partial charge in [-0.1, -0.05) is 19.3 Å². The SMILES string of the molecule is Cc1ccc(NC(=O)NC2(C(=O)O)CCCCC2)cn1. The van der Waals surface area contributed by atoms with E-state index >= 15 is 0 Å². The van der Waals surface area contributed by atoms with E-state index in [9.17, 15) is 14.7 Å². The van der Waals surface area contributed by atoms with Crippen molar-refractivity contribution in [3.8, 4) is 0 Å². The summed E-state index contributed by atoms with van der Waals surface area (Å²) in [6.07, 6.45) is 5.14. The number of carboxylic acids is 1. The number of aryl methyl sites for hydroxylation is 1. The van der Waals surface area contributed by atoms with Crippen LogP contribution in [0, 0.1) is 6.92 Å². The van der Waals surface area contributed by atoms with Gasteiger partial charge < -0.3 is 15.7 Å². The molecule has 1 aromatic rings. The van der Waals surface area contributed by atoms with Gasteiger partial charge in [-0.25, -0.2) is 9.59 Å². The van der Waals surface area contributed by atoms with E-state index in [2.05, 4.69) is 15.6 Å². The maximum absolute atomic E-state index is 12.0. The first-order valence-electron chi connectivity index (χ1n) is 6.77. The highest BCUT2D eigenvalue weighted by Gasteiger charge is 2.40. The summed E-state index contributed by atoms with van der Waals surface area (Å²) in [5, 5.41) is 14.6. The van der Waals surface area contributed by atoms with E-state index in [0.29, 0.717) is 18.5 Å². The number of urea groups is 1. The first-order chi connectivity index (χ1) is 9.52. The number of anilines is 1. The summed E-state index contributed by atoms with van der Waals surface area (Å²) < 4.78 is 0. The monoisotopic (exact) mass is 277 g/mol. The molecule has 2 amide bonds. The first kappa shape index (κ1) is 14.3. The Balaban J connectivity index is 2.01. The smallest absolute Gasteiger partial charge is 0.329 e. The van der Waals surface area contributed by atoms with Gasteiger partial charge in [-0.3, -0.25) is 4.98 Å². The Hall–Kier alpha value is -2.11. The van der Waals surface area contributed by atoms with Crippen LogP contribution in [0.15, 0.2) is 18.3 Å². The predicted octanol–water partition coefficient (Wildman–Crippen LogP) is 2.30. The van der Waals surface area contributed by atoms with E-state index in [0.717, 1.165) is 25.0 Å². The zero-order chi connectivity index (χ0) is 14.6. The molecule has 0 aliphatic heterocycles. The molecule has 6 nitrogen and oxygen atoms in total. The zero-order valence-electron chi connectivity index (χ0n) is 11.5. The van der Waals surface area contributed by atoms with Crippen molar-refractivity contribution in [2.45, 2.75) is 44.6 Å². The Morgan fingerprint density at radius 1 is 1.25 bits per heavy atom. The molecule has 0 radical (unpaired) electrons. The summed E-state index contributed by atoms with van der Waals surface area (Å²) in [5.74, 6) is -0.964. The molecule has 1 aliphatic carbocycles. The third-order valence-electron chi connectivity index (χ3n) is 3.64.